The van der Waals surface area contributed by atoms with E-state index in [-0.39, 0.29) is 101 Å². The van der Waals surface area contributed by atoms with Crippen molar-refractivity contribution in [2.45, 2.75) is 160 Å². The van der Waals surface area contributed by atoms with Crippen LogP contribution >= 0.6 is 0 Å². The first-order chi connectivity index (χ1) is 31.5. The summed E-state index contributed by atoms with van der Waals surface area (Å²) in [6.45, 7) is 5.39. The Balaban J connectivity index is 1.98. The number of unbranched alkanes of at least 4 members (excludes halogenated alkanes) is 1. The van der Waals surface area contributed by atoms with Gasteiger partial charge in [-0.25, -0.2) is 0 Å². The lowest BCUT2D eigenvalue weighted by atomic mass is 9.90. The van der Waals surface area contributed by atoms with Gasteiger partial charge in [-0.3, -0.25) is 57.5 Å². The number of likely N-dealkylation sites (tertiary alicyclic amines) is 1. The van der Waals surface area contributed by atoms with Gasteiger partial charge in [-0.15, -0.1) is 0 Å². The molecule has 0 aromatic heterocycles. The number of primary amides is 2. The average Bonchev–Trinajstić information content (AvgIpc) is 3.93. The maximum atomic E-state index is 13.4. The number of nitrogens with two attached hydrogens (primary N) is 3. The minimum Gasteiger partial charge on any atom is -0.481 e. The van der Waals surface area contributed by atoms with E-state index < -0.39 is 126 Å². The molecule has 0 aromatic carbocycles. The lowest BCUT2D eigenvalue weighted by Crippen LogP contribution is -2.45. The summed E-state index contributed by atoms with van der Waals surface area (Å²) in [6, 6.07) is -3.79. The molecule has 0 spiro atoms. The Kier molecular flexibility index (Phi) is 25.2. The van der Waals surface area contributed by atoms with Gasteiger partial charge >= 0.3 is 5.97 Å². The van der Waals surface area contributed by atoms with Crippen LogP contribution in [0.15, 0.2) is 0 Å². The quantitative estimate of drug-likeness (QED) is 0.0336. The summed E-state index contributed by atoms with van der Waals surface area (Å²) in [5, 5.41) is 29.6. The number of carbonyl (C=O) groups is 12. The van der Waals surface area contributed by atoms with Crippen molar-refractivity contribution in [3.63, 3.8) is 0 Å². The highest BCUT2D eigenvalue weighted by molar-refractivity contribution is 5.98. The van der Waals surface area contributed by atoms with E-state index in [4.69, 9.17) is 17.2 Å². The highest BCUT2D eigenvalue weighted by Gasteiger charge is 2.37. The van der Waals surface area contributed by atoms with Gasteiger partial charge in [-0.2, -0.15) is 0 Å². The second-order valence-electron chi connectivity index (χ2n) is 18.2. The van der Waals surface area contributed by atoms with Crippen molar-refractivity contribution in [2.24, 2.45) is 40.9 Å². The zero-order valence-corrected chi connectivity index (χ0v) is 39.0. The van der Waals surface area contributed by atoms with Gasteiger partial charge in [0.15, 0.2) is 23.1 Å². The van der Waals surface area contributed by atoms with Crippen LogP contribution in [0.25, 0.3) is 0 Å². The summed E-state index contributed by atoms with van der Waals surface area (Å²) < 4.78 is 0. The molecule has 22 nitrogen and oxygen atoms in total. The highest BCUT2D eigenvalue weighted by Crippen LogP contribution is 2.25. The number of hydrogen-bond acceptors (Lipinski definition) is 15. The summed E-state index contributed by atoms with van der Waals surface area (Å²) in [5.74, 6) is -11.3. The number of rotatable bonds is 34. The molecule has 2 aliphatic rings. The number of ketones is 5. The van der Waals surface area contributed by atoms with Gasteiger partial charge in [0.05, 0.1) is 48.7 Å². The van der Waals surface area contributed by atoms with Crippen LogP contribution in [0.2, 0.25) is 0 Å². The molecule has 12 N–H and O–H groups in total. The molecule has 2 aliphatic heterocycles. The maximum Gasteiger partial charge on any atom is 0.306 e. The molecule has 2 heterocycles. The zero-order chi connectivity index (χ0) is 50.4. The van der Waals surface area contributed by atoms with Gasteiger partial charge in [0.2, 0.25) is 35.4 Å². The first-order valence-corrected chi connectivity index (χ1v) is 23.2. The van der Waals surface area contributed by atoms with Crippen molar-refractivity contribution in [3.8, 4) is 0 Å². The number of nitrogens with zero attached hydrogens (tertiary/aromatic N) is 1. The number of hydrogen-bond donors (Lipinski definition) is 9. The van der Waals surface area contributed by atoms with Gasteiger partial charge in [0, 0.05) is 76.8 Å². The average molecular weight is 949 g/mol. The third kappa shape index (κ3) is 21.4. The van der Waals surface area contributed by atoms with E-state index in [0.29, 0.717) is 32.2 Å². The number of aliphatic hydroxyl groups is 1. The molecule has 0 aromatic rings. The Labute approximate surface area is 390 Å². The lowest BCUT2D eigenvalue weighted by molar-refractivity contribution is -0.145. The van der Waals surface area contributed by atoms with E-state index in [9.17, 15) is 67.7 Å². The van der Waals surface area contributed by atoms with Crippen LogP contribution in [-0.2, 0) is 57.5 Å². The molecule has 8 atom stereocenters. The van der Waals surface area contributed by atoms with Crippen LogP contribution in [0.4, 0.5) is 0 Å². The number of amides is 6. The second-order valence-corrected chi connectivity index (χ2v) is 18.2. The molecule has 0 saturated carbocycles. The molecule has 0 bridgehead atoms. The third-order valence-corrected chi connectivity index (χ3v) is 12.0. The fourth-order valence-electron chi connectivity index (χ4n) is 8.28. The number of Topliss-reactive ketones (excluding diaryl/α,β-unsaturated/α-hetero) is 5. The summed E-state index contributed by atoms with van der Waals surface area (Å²) in [6.07, 6.45) is -1.29. The van der Waals surface area contributed by atoms with Crippen LogP contribution in [0.1, 0.15) is 130 Å². The van der Waals surface area contributed by atoms with Crippen molar-refractivity contribution in [1.82, 2.24) is 26.2 Å². The Bertz CT molecular complexity index is 1810. The summed E-state index contributed by atoms with van der Waals surface area (Å²) in [7, 11) is 0. The predicted molar refractivity (Wildman–Crippen MR) is 240 cm³/mol. The number of carboxylic acids is 1. The van der Waals surface area contributed by atoms with Crippen molar-refractivity contribution in [3.05, 3.63) is 0 Å². The largest absolute Gasteiger partial charge is 0.481 e. The summed E-state index contributed by atoms with van der Waals surface area (Å²) >= 11 is 0. The number of aliphatic carboxylic acids is 1. The first kappa shape index (κ1) is 57.6. The Hall–Kier alpha value is -5.48. The summed E-state index contributed by atoms with van der Waals surface area (Å²) in [4.78, 5) is 155. The van der Waals surface area contributed by atoms with Crippen molar-refractivity contribution in [2.75, 3.05) is 26.2 Å². The van der Waals surface area contributed by atoms with Gasteiger partial charge in [0.1, 0.15) is 5.78 Å². The minimum absolute atomic E-state index is 0.0811. The molecule has 0 unspecified atom stereocenters. The van der Waals surface area contributed by atoms with Gasteiger partial charge in [0.25, 0.3) is 0 Å². The molecule has 67 heavy (non-hydrogen) atoms. The second kappa shape index (κ2) is 29.3. The van der Waals surface area contributed by atoms with E-state index in [1.807, 2.05) is 13.8 Å². The molecule has 2 rings (SSSR count). The van der Waals surface area contributed by atoms with Crippen molar-refractivity contribution < 1.29 is 67.7 Å². The van der Waals surface area contributed by atoms with Crippen LogP contribution in [-0.4, -0.2) is 142 Å². The number of carbonyl (C=O) groups excluding carboxylic acids is 11. The maximum absolute atomic E-state index is 13.4. The molecule has 2 fully saturated rings. The van der Waals surface area contributed by atoms with Gasteiger partial charge in [-0.05, 0) is 64.3 Å². The van der Waals surface area contributed by atoms with Crippen molar-refractivity contribution >= 4 is 70.3 Å². The summed E-state index contributed by atoms with van der Waals surface area (Å²) in [5.41, 5.74) is 16.1. The number of nitrogens with one attached hydrogen (secondary N) is 4. The Morgan fingerprint density at radius 3 is 2.03 bits per heavy atom. The molecule has 22 heteroatoms. The lowest BCUT2D eigenvalue weighted by Gasteiger charge is -2.25. The normalized spacial score (nSPS) is 19.1. The molecule has 6 amide bonds. The molecular weight excluding hydrogens is 877 g/mol. The highest BCUT2D eigenvalue weighted by atomic mass is 16.4. The molecule has 0 aliphatic carbocycles. The first-order valence-electron chi connectivity index (χ1n) is 23.2. The van der Waals surface area contributed by atoms with Crippen LogP contribution in [0, 0.1) is 23.7 Å². The number of β-amino-alcohol motifs (C(OH)–C–C–N with tert-alkyl or cyclic N) is 1. The van der Waals surface area contributed by atoms with Crippen molar-refractivity contribution in [1.29, 1.82) is 0 Å². The SMILES string of the molecule is CC(C)C[C@H](CC(=O)CNC(=O)[C@H](CC(N)=O)CC(=O)[C@H](CCC(N)=O)NC(=O)CCC(=O)[C@@H]1C[C@@H](O)CN1)C(=O)N[C@@H](C)C(=O)CCC(=O)N1CCC[C@H]1C(=O)C[C@@H](CCCCN)C(=O)O. The molecular formula is C45H72N8O14. The number of carboxylic acid groups (broad SMARTS) is 1. The molecule has 376 valence electrons. The standard InChI is InChI=1S/C45H72N8O14/c1-25(2)17-28(44(65)51-26(3)35(56)11-14-42(63)53-16-6-8-34(53)38(59)19-27(45(66)67)7-4-5-15-46)18-30(54)24-50-43(64)29(21-40(48)61)20-37(58)32(9-12-39(47)60)52-41(62)13-10-36(57)33-22-31(55)23-49-33/h25-29,31-34,49,55H,4-24,46H2,1-3H3,(H2,47,60)(H2,48,61)(H,50,64)(H,51,65)(H,52,62)(H,66,67)/t26-,27+,28+,29-,31+,32-,33-,34-/m0/s1. The Morgan fingerprint density at radius 1 is 0.731 bits per heavy atom. The van der Waals surface area contributed by atoms with Gasteiger partial charge in [-0.1, -0.05) is 20.3 Å². The predicted octanol–water partition coefficient (Wildman–Crippen LogP) is -1.37. The van der Waals surface area contributed by atoms with Crippen LogP contribution in [0.5, 0.6) is 0 Å². The topological polar surface area (TPSA) is 375 Å². The van der Waals surface area contributed by atoms with E-state index >= 15 is 0 Å². The van der Waals surface area contributed by atoms with E-state index in [2.05, 4.69) is 21.3 Å². The zero-order valence-electron chi connectivity index (χ0n) is 39.0. The fraction of sp³-hybridized carbons (Fsp3) is 0.733. The minimum atomic E-state index is -1.39. The number of aliphatic hydroxyl groups excluding tert-OH is 1. The monoisotopic (exact) mass is 949 g/mol. The molecule has 2 saturated heterocycles. The smallest absolute Gasteiger partial charge is 0.306 e. The van der Waals surface area contributed by atoms with Gasteiger partial charge < -0.3 is 53.6 Å². The fourth-order valence-corrected chi connectivity index (χ4v) is 8.28. The Morgan fingerprint density at radius 2 is 1.43 bits per heavy atom. The van der Waals surface area contributed by atoms with E-state index in [0.717, 1.165) is 0 Å². The van der Waals surface area contributed by atoms with Crippen LogP contribution < -0.4 is 38.5 Å². The third-order valence-electron chi connectivity index (χ3n) is 12.0. The van der Waals surface area contributed by atoms with E-state index in [1.54, 1.807) is 0 Å². The molecule has 0 radical (unpaired) electrons. The van der Waals surface area contributed by atoms with E-state index in [1.165, 1.54) is 11.8 Å². The van der Waals surface area contributed by atoms with Crippen LogP contribution in [0.3, 0.4) is 0 Å².